The lowest BCUT2D eigenvalue weighted by Gasteiger charge is -2.11. The summed E-state index contributed by atoms with van der Waals surface area (Å²) in [6.45, 7) is 4.57. The van der Waals surface area contributed by atoms with Gasteiger partial charge in [-0.15, -0.1) is 0 Å². The highest BCUT2D eigenvalue weighted by Crippen LogP contribution is 2.13. The Bertz CT molecular complexity index is 786. The van der Waals surface area contributed by atoms with Crippen LogP contribution in [0.1, 0.15) is 37.0 Å². The quantitative estimate of drug-likeness (QED) is 0.822. The van der Waals surface area contributed by atoms with Crippen LogP contribution in [0.15, 0.2) is 27.8 Å². The number of nitrogens with zero attached hydrogens (tertiary/aromatic N) is 1. The molecule has 112 valence electrons. The van der Waals surface area contributed by atoms with Crippen LogP contribution in [0, 0.1) is 5.92 Å². The summed E-state index contributed by atoms with van der Waals surface area (Å²) in [7, 11) is 0. The molecule has 2 N–H and O–H groups in total. The SMILES string of the molecule is CC(C)CCCn1c(=O)c(=O)[nH]c2ccc(C(=O)O)cc21. The molecular weight excluding hydrogens is 272 g/mol. The van der Waals surface area contributed by atoms with E-state index in [-0.39, 0.29) is 5.56 Å². The number of benzene rings is 1. The Kier molecular flexibility index (Phi) is 4.26. The van der Waals surface area contributed by atoms with Gasteiger partial charge in [0.25, 0.3) is 0 Å². The Morgan fingerprint density at radius 3 is 2.67 bits per heavy atom. The number of rotatable bonds is 5. The second kappa shape index (κ2) is 5.95. The van der Waals surface area contributed by atoms with Crippen molar-refractivity contribution in [2.45, 2.75) is 33.2 Å². The van der Waals surface area contributed by atoms with Crippen molar-refractivity contribution < 1.29 is 9.90 Å². The lowest BCUT2D eigenvalue weighted by atomic mass is 10.1. The third kappa shape index (κ3) is 3.21. The summed E-state index contributed by atoms with van der Waals surface area (Å²) in [5.41, 5.74) is -0.326. The van der Waals surface area contributed by atoms with Crippen LogP contribution < -0.4 is 11.1 Å². The Morgan fingerprint density at radius 1 is 1.33 bits per heavy atom. The van der Waals surface area contributed by atoms with Gasteiger partial charge < -0.3 is 14.7 Å². The minimum absolute atomic E-state index is 0.0894. The van der Waals surface area contributed by atoms with Gasteiger partial charge in [-0.3, -0.25) is 9.59 Å². The molecule has 0 aliphatic rings. The summed E-state index contributed by atoms with van der Waals surface area (Å²) in [4.78, 5) is 37.2. The van der Waals surface area contributed by atoms with E-state index in [4.69, 9.17) is 5.11 Å². The van der Waals surface area contributed by atoms with Crippen molar-refractivity contribution in [3.63, 3.8) is 0 Å². The topological polar surface area (TPSA) is 92.2 Å². The van der Waals surface area contributed by atoms with Crippen molar-refractivity contribution in [3.05, 3.63) is 44.5 Å². The average Bonchev–Trinajstić information content (AvgIpc) is 2.42. The van der Waals surface area contributed by atoms with Crippen LogP contribution >= 0.6 is 0 Å². The van der Waals surface area contributed by atoms with E-state index in [0.717, 1.165) is 12.8 Å². The maximum atomic E-state index is 12.0. The first-order valence-corrected chi connectivity index (χ1v) is 6.90. The molecule has 6 nitrogen and oxygen atoms in total. The standard InChI is InChI=1S/C15H18N2O4/c1-9(2)4-3-7-17-12-8-10(15(20)21)5-6-11(12)16-13(18)14(17)19/h5-6,8-9H,3-4,7H2,1-2H3,(H,16,18)(H,20,21). The molecule has 0 bridgehead atoms. The third-order valence-corrected chi connectivity index (χ3v) is 3.39. The molecule has 0 saturated carbocycles. The van der Waals surface area contributed by atoms with E-state index in [0.29, 0.717) is 23.5 Å². The van der Waals surface area contributed by atoms with Crippen LogP contribution in [0.4, 0.5) is 0 Å². The fraction of sp³-hybridized carbons (Fsp3) is 0.400. The molecule has 0 aliphatic carbocycles. The van der Waals surface area contributed by atoms with Crippen LogP contribution in [0.3, 0.4) is 0 Å². The monoisotopic (exact) mass is 290 g/mol. The summed E-state index contributed by atoms with van der Waals surface area (Å²) >= 11 is 0. The molecule has 0 fully saturated rings. The number of hydrogen-bond acceptors (Lipinski definition) is 3. The Labute approximate surface area is 121 Å². The van der Waals surface area contributed by atoms with Gasteiger partial charge in [-0.2, -0.15) is 0 Å². The first-order chi connectivity index (χ1) is 9.90. The zero-order valence-corrected chi connectivity index (χ0v) is 12.0. The normalized spacial score (nSPS) is 11.2. The van der Waals surface area contributed by atoms with Gasteiger partial charge in [0, 0.05) is 6.54 Å². The zero-order valence-electron chi connectivity index (χ0n) is 12.0. The summed E-state index contributed by atoms with van der Waals surface area (Å²) in [5.74, 6) is -0.562. The van der Waals surface area contributed by atoms with Gasteiger partial charge in [0.15, 0.2) is 0 Å². The predicted molar refractivity (Wildman–Crippen MR) is 79.9 cm³/mol. The molecule has 1 heterocycles. The van der Waals surface area contributed by atoms with E-state index < -0.39 is 17.1 Å². The van der Waals surface area contributed by atoms with Crippen LogP contribution in [0.2, 0.25) is 0 Å². The number of H-pyrrole nitrogens is 1. The number of fused-ring (bicyclic) bond motifs is 1. The van der Waals surface area contributed by atoms with Crippen molar-refractivity contribution in [1.29, 1.82) is 0 Å². The van der Waals surface area contributed by atoms with Gasteiger partial charge in [0.2, 0.25) is 0 Å². The first kappa shape index (κ1) is 15.0. The highest BCUT2D eigenvalue weighted by Gasteiger charge is 2.11. The summed E-state index contributed by atoms with van der Waals surface area (Å²) < 4.78 is 1.36. The molecule has 0 spiro atoms. The molecule has 0 aliphatic heterocycles. The van der Waals surface area contributed by atoms with E-state index in [9.17, 15) is 14.4 Å². The summed E-state index contributed by atoms with van der Waals surface area (Å²) in [6.07, 6.45) is 1.69. The molecule has 2 rings (SSSR count). The van der Waals surface area contributed by atoms with Crippen LogP contribution in [0.25, 0.3) is 11.0 Å². The Balaban J connectivity index is 2.55. The van der Waals surface area contributed by atoms with Crippen LogP contribution in [-0.2, 0) is 6.54 Å². The zero-order chi connectivity index (χ0) is 15.6. The number of aromatic amines is 1. The molecule has 0 saturated heterocycles. The van der Waals surface area contributed by atoms with Gasteiger partial charge in [-0.25, -0.2) is 4.79 Å². The molecular formula is C15H18N2O4. The minimum Gasteiger partial charge on any atom is -0.478 e. The minimum atomic E-state index is -1.07. The molecule has 0 radical (unpaired) electrons. The van der Waals surface area contributed by atoms with Crippen LogP contribution in [-0.4, -0.2) is 20.6 Å². The van der Waals surface area contributed by atoms with Gasteiger partial charge >= 0.3 is 17.1 Å². The molecule has 0 atom stereocenters. The number of aromatic carboxylic acids is 1. The second-order valence-corrected chi connectivity index (χ2v) is 5.48. The fourth-order valence-corrected chi connectivity index (χ4v) is 2.28. The van der Waals surface area contributed by atoms with Gasteiger partial charge in [-0.1, -0.05) is 13.8 Å². The number of aryl methyl sites for hydroxylation is 1. The molecule has 1 aromatic heterocycles. The highest BCUT2D eigenvalue weighted by atomic mass is 16.4. The summed E-state index contributed by atoms with van der Waals surface area (Å²) in [6, 6.07) is 4.34. The van der Waals surface area contributed by atoms with Crippen molar-refractivity contribution in [2.24, 2.45) is 5.92 Å². The van der Waals surface area contributed by atoms with Gasteiger partial charge in [-0.05, 0) is 37.0 Å². The number of aromatic nitrogens is 2. The van der Waals surface area contributed by atoms with E-state index >= 15 is 0 Å². The molecule has 21 heavy (non-hydrogen) atoms. The predicted octanol–water partition coefficient (Wildman–Crippen LogP) is 1.82. The number of carboxylic acids is 1. The van der Waals surface area contributed by atoms with E-state index in [1.54, 1.807) is 0 Å². The fourth-order valence-electron chi connectivity index (χ4n) is 2.28. The van der Waals surface area contributed by atoms with Crippen molar-refractivity contribution in [1.82, 2.24) is 9.55 Å². The van der Waals surface area contributed by atoms with Crippen LogP contribution in [0.5, 0.6) is 0 Å². The summed E-state index contributed by atoms with van der Waals surface area (Å²) in [5, 5.41) is 9.05. The molecule has 2 aromatic rings. The average molecular weight is 290 g/mol. The van der Waals surface area contributed by atoms with E-state index in [2.05, 4.69) is 18.8 Å². The number of carboxylic acid groups (broad SMARTS) is 1. The van der Waals surface area contributed by atoms with Crippen molar-refractivity contribution in [2.75, 3.05) is 0 Å². The lowest BCUT2D eigenvalue weighted by Crippen LogP contribution is -2.36. The molecule has 6 heteroatoms. The molecule has 0 amide bonds. The van der Waals surface area contributed by atoms with E-state index in [1.165, 1.54) is 22.8 Å². The Morgan fingerprint density at radius 2 is 2.05 bits per heavy atom. The number of hydrogen-bond donors (Lipinski definition) is 2. The largest absolute Gasteiger partial charge is 0.478 e. The lowest BCUT2D eigenvalue weighted by molar-refractivity contribution is 0.0697. The molecule has 0 unspecified atom stereocenters. The Hall–Kier alpha value is -2.37. The third-order valence-electron chi connectivity index (χ3n) is 3.39. The smallest absolute Gasteiger partial charge is 0.335 e. The number of nitrogens with one attached hydrogen (secondary N) is 1. The maximum absolute atomic E-state index is 12.0. The second-order valence-electron chi connectivity index (χ2n) is 5.48. The highest BCUT2D eigenvalue weighted by molar-refractivity contribution is 5.92. The maximum Gasteiger partial charge on any atom is 0.335 e. The van der Waals surface area contributed by atoms with Crippen molar-refractivity contribution >= 4 is 17.0 Å². The van der Waals surface area contributed by atoms with Gasteiger partial charge in [0.1, 0.15) is 0 Å². The first-order valence-electron chi connectivity index (χ1n) is 6.90. The molecule has 1 aromatic carbocycles. The van der Waals surface area contributed by atoms with Gasteiger partial charge in [0.05, 0.1) is 16.6 Å². The number of carbonyl (C=O) groups is 1. The van der Waals surface area contributed by atoms with Crippen molar-refractivity contribution in [3.8, 4) is 0 Å². The van der Waals surface area contributed by atoms with E-state index in [1.807, 2.05) is 0 Å².